The Balaban J connectivity index is 2.16. The van der Waals surface area contributed by atoms with Crippen LogP contribution in [-0.4, -0.2) is 27.5 Å². The molecule has 0 amide bonds. The van der Waals surface area contributed by atoms with E-state index in [-0.39, 0.29) is 0 Å². The molecule has 0 spiro atoms. The van der Waals surface area contributed by atoms with Gasteiger partial charge in [0.15, 0.2) is 0 Å². The van der Waals surface area contributed by atoms with Crippen LogP contribution in [0.25, 0.3) is 0 Å². The van der Waals surface area contributed by atoms with Crippen LogP contribution in [0.1, 0.15) is 56.8 Å². The van der Waals surface area contributed by atoms with Crippen molar-refractivity contribution in [3.05, 3.63) is 11.4 Å². The molecule has 112 valence electrons. The van der Waals surface area contributed by atoms with Gasteiger partial charge in [0, 0.05) is 22.8 Å². The molecule has 0 radical (unpaired) electrons. The van der Waals surface area contributed by atoms with Crippen LogP contribution in [0.5, 0.6) is 0 Å². The third-order valence-corrected chi connectivity index (χ3v) is 5.66. The maximum atomic E-state index is 6.01. The van der Waals surface area contributed by atoms with Crippen molar-refractivity contribution >= 4 is 23.4 Å². The first kappa shape index (κ1) is 15.4. The average Bonchev–Trinajstić information content (AvgIpc) is 2.89. The lowest BCUT2D eigenvalue weighted by Gasteiger charge is -2.27. The Bertz CT molecular complexity index is 467. The van der Waals surface area contributed by atoms with Gasteiger partial charge in [0.1, 0.15) is 17.5 Å². The summed E-state index contributed by atoms with van der Waals surface area (Å²) in [6, 6.07) is 0. The van der Waals surface area contributed by atoms with E-state index >= 15 is 0 Å². The van der Waals surface area contributed by atoms with Crippen LogP contribution >= 0.6 is 11.8 Å². The topological polar surface area (TPSA) is 63.8 Å². The van der Waals surface area contributed by atoms with E-state index in [1.807, 2.05) is 18.7 Å². The minimum Gasteiger partial charge on any atom is -0.383 e. The largest absolute Gasteiger partial charge is 0.383 e. The van der Waals surface area contributed by atoms with Crippen molar-refractivity contribution in [3.8, 4) is 0 Å². The average molecular weight is 294 g/mol. The molecule has 5 heteroatoms. The molecule has 0 aliphatic heterocycles. The number of hydrogen-bond donors (Lipinski definition) is 2. The zero-order chi connectivity index (χ0) is 14.8. The van der Waals surface area contributed by atoms with Gasteiger partial charge in [0.2, 0.25) is 0 Å². The predicted octanol–water partition coefficient (Wildman–Crippen LogP) is 3.58. The van der Waals surface area contributed by atoms with E-state index in [2.05, 4.69) is 35.4 Å². The van der Waals surface area contributed by atoms with Crippen molar-refractivity contribution in [1.82, 2.24) is 9.97 Å². The third kappa shape index (κ3) is 3.19. The molecular weight excluding hydrogens is 268 g/mol. The number of nitrogen functional groups attached to an aromatic ring is 1. The summed E-state index contributed by atoms with van der Waals surface area (Å²) in [5.41, 5.74) is 6.97. The summed E-state index contributed by atoms with van der Waals surface area (Å²) in [6.07, 6.45) is 7.47. The smallest absolute Gasteiger partial charge is 0.135 e. The molecule has 1 aromatic rings. The number of hydrogen-bond acceptors (Lipinski definition) is 5. The molecular formula is C15H26N4S. The number of nitrogens with zero attached hydrogens (tertiary/aromatic N) is 2. The lowest BCUT2D eigenvalue weighted by Crippen LogP contribution is -2.30. The van der Waals surface area contributed by atoms with Crippen LogP contribution in [0.3, 0.4) is 0 Å². The van der Waals surface area contributed by atoms with Gasteiger partial charge in [-0.1, -0.05) is 26.7 Å². The van der Waals surface area contributed by atoms with Gasteiger partial charge < -0.3 is 11.1 Å². The SMILES string of the molecule is CSC1(CNc2nc(C(C)C)nc(N)c2C)CCCC1. The highest BCUT2D eigenvalue weighted by Gasteiger charge is 2.33. The van der Waals surface area contributed by atoms with Crippen LogP contribution in [0.2, 0.25) is 0 Å². The Morgan fingerprint density at radius 2 is 1.95 bits per heavy atom. The summed E-state index contributed by atoms with van der Waals surface area (Å²) in [7, 11) is 0. The molecule has 3 N–H and O–H groups in total. The minimum absolute atomic E-state index is 0.291. The molecule has 2 rings (SSSR count). The Kier molecular flexibility index (Phi) is 4.78. The summed E-state index contributed by atoms with van der Waals surface area (Å²) in [6.45, 7) is 7.13. The van der Waals surface area contributed by atoms with Gasteiger partial charge in [0.25, 0.3) is 0 Å². The maximum absolute atomic E-state index is 6.01. The van der Waals surface area contributed by atoms with Crippen molar-refractivity contribution in [2.45, 2.75) is 57.1 Å². The standard InChI is InChI=1S/C15H26N4S/c1-10(2)13-18-12(16)11(3)14(19-13)17-9-15(20-4)7-5-6-8-15/h10H,5-9H2,1-4H3,(H3,16,17,18,19). The molecule has 0 saturated heterocycles. The van der Waals surface area contributed by atoms with Gasteiger partial charge in [-0.25, -0.2) is 9.97 Å². The Hall–Kier alpha value is -0.970. The van der Waals surface area contributed by atoms with Gasteiger partial charge in [0.05, 0.1) is 0 Å². The number of nitrogens with one attached hydrogen (secondary N) is 1. The van der Waals surface area contributed by atoms with Crippen molar-refractivity contribution in [1.29, 1.82) is 0 Å². The lowest BCUT2D eigenvalue weighted by molar-refractivity contribution is 0.637. The summed E-state index contributed by atoms with van der Waals surface area (Å²) >= 11 is 1.98. The number of aromatic nitrogens is 2. The molecule has 0 atom stereocenters. The fraction of sp³-hybridized carbons (Fsp3) is 0.733. The van der Waals surface area contributed by atoms with Crippen LogP contribution in [0.15, 0.2) is 0 Å². The van der Waals surface area contributed by atoms with E-state index in [4.69, 9.17) is 5.73 Å². The maximum Gasteiger partial charge on any atom is 0.135 e. The van der Waals surface area contributed by atoms with Gasteiger partial charge in [-0.3, -0.25) is 0 Å². The fourth-order valence-corrected chi connectivity index (χ4v) is 3.61. The molecule has 0 aromatic carbocycles. The van der Waals surface area contributed by atoms with Crippen LogP contribution < -0.4 is 11.1 Å². The van der Waals surface area contributed by atoms with E-state index in [0.717, 1.165) is 23.8 Å². The van der Waals surface area contributed by atoms with Crippen LogP contribution in [0.4, 0.5) is 11.6 Å². The Morgan fingerprint density at radius 3 is 2.50 bits per heavy atom. The molecule has 1 fully saturated rings. The second-order valence-electron chi connectivity index (χ2n) is 6.04. The van der Waals surface area contributed by atoms with E-state index in [0.29, 0.717) is 16.5 Å². The first-order valence-corrected chi connectivity index (χ1v) is 8.63. The molecule has 1 aliphatic carbocycles. The quantitative estimate of drug-likeness (QED) is 0.869. The number of nitrogens with two attached hydrogens (primary N) is 1. The highest BCUT2D eigenvalue weighted by Crippen LogP contribution is 2.40. The second kappa shape index (κ2) is 6.20. The van der Waals surface area contributed by atoms with E-state index in [9.17, 15) is 0 Å². The first-order chi connectivity index (χ1) is 9.47. The van der Waals surface area contributed by atoms with Crippen molar-refractivity contribution in [3.63, 3.8) is 0 Å². The molecule has 1 heterocycles. The van der Waals surface area contributed by atoms with E-state index < -0.39 is 0 Å². The Morgan fingerprint density at radius 1 is 1.30 bits per heavy atom. The fourth-order valence-electron chi connectivity index (χ4n) is 2.70. The number of anilines is 2. The predicted molar refractivity (Wildman–Crippen MR) is 88.5 cm³/mol. The van der Waals surface area contributed by atoms with Gasteiger partial charge in [-0.05, 0) is 26.0 Å². The van der Waals surface area contributed by atoms with E-state index in [1.165, 1.54) is 25.7 Å². The zero-order valence-electron chi connectivity index (χ0n) is 13.0. The highest BCUT2D eigenvalue weighted by molar-refractivity contribution is 8.00. The number of thioether (sulfide) groups is 1. The van der Waals surface area contributed by atoms with Gasteiger partial charge >= 0.3 is 0 Å². The molecule has 4 nitrogen and oxygen atoms in total. The van der Waals surface area contributed by atoms with Gasteiger partial charge in [-0.15, -0.1) is 0 Å². The first-order valence-electron chi connectivity index (χ1n) is 7.40. The molecule has 20 heavy (non-hydrogen) atoms. The van der Waals surface area contributed by atoms with Crippen molar-refractivity contribution in [2.24, 2.45) is 0 Å². The third-order valence-electron chi connectivity index (χ3n) is 4.24. The van der Waals surface area contributed by atoms with Crippen LogP contribution in [0, 0.1) is 6.92 Å². The van der Waals surface area contributed by atoms with Crippen LogP contribution in [-0.2, 0) is 0 Å². The minimum atomic E-state index is 0.291. The number of rotatable bonds is 5. The van der Waals surface area contributed by atoms with Gasteiger partial charge in [-0.2, -0.15) is 11.8 Å². The summed E-state index contributed by atoms with van der Waals surface area (Å²) in [5, 5.41) is 3.53. The summed E-state index contributed by atoms with van der Waals surface area (Å²) in [4.78, 5) is 9.02. The van der Waals surface area contributed by atoms with Crippen molar-refractivity contribution < 1.29 is 0 Å². The lowest BCUT2D eigenvalue weighted by atomic mass is 10.1. The summed E-state index contributed by atoms with van der Waals surface area (Å²) < 4.78 is 0.365. The zero-order valence-corrected chi connectivity index (χ0v) is 13.8. The molecule has 0 unspecified atom stereocenters. The second-order valence-corrected chi connectivity index (χ2v) is 7.32. The highest BCUT2D eigenvalue weighted by atomic mass is 32.2. The monoisotopic (exact) mass is 294 g/mol. The molecule has 1 aromatic heterocycles. The van der Waals surface area contributed by atoms with E-state index in [1.54, 1.807) is 0 Å². The molecule has 0 bridgehead atoms. The Labute approximate surface area is 126 Å². The molecule has 1 aliphatic rings. The van der Waals surface area contributed by atoms with Crippen molar-refractivity contribution in [2.75, 3.05) is 23.9 Å². The normalized spacial score (nSPS) is 17.6. The summed E-state index contributed by atoms with van der Waals surface area (Å²) in [5.74, 6) is 2.61. The molecule has 1 saturated carbocycles.